The largest absolute Gasteiger partial charge is 0.481 e. The first-order valence-electron chi connectivity index (χ1n) is 5.97. The standard InChI is InChI=1S/C13H14N2O4/c16-11(7-12(17)18)14-9-3-5-10(6-4-9)15-13(19)8-1-2-8/h3-6,8H,1-2,7H2,(H,14,16)(H,15,19)(H,17,18). The minimum Gasteiger partial charge on any atom is -0.481 e. The summed E-state index contributed by atoms with van der Waals surface area (Å²) in [5.74, 6) is -1.61. The Morgan fingerprint density at radius 1 is 1.05 bits per heavy atom. The Morgan fingerprint density at radius 2 is 1.58 bits per heavy atom. The van der Waals surface area contributed by atoms with Crippen LogP contribution in [0.25, 0.3) is 0 Å². The second-order valence-corrected chi connectivity index (χ2v) is 4.46. The van der Waals surface area contributed by atoms with Crippen molar-refractivity contribution in [3.05, 3.63) is 24.3 Å². The van der Waals surface area contributed by atoms with E-state index in [0.717, 1.165) is 12.8 Å². The lowest BCUT2D eigenvalue weighted by Crippen LogP contribution is -2.16. The lowest BCUT2D eigenvalue weighted by atomic mass is 10.2. The van der Waals surface area contributed by atoms with Crippen molar-refractivity contribution in [2.45, 2.75) is 19.3 Å². The van der Waals surface area contributed by atoms with Crippen molar-refractivity contribution in [1.82, 2.24) is 0 Å². The zero-order chi connectivity index (χ0) is 13.8. The Morgan fingerprint density at radius 3 is 2.05 bits per heavy atom. The summed E-state index contributed by atoms with van der Waals surface area (Å²) in [5, 5.41) is 13.7. The number of hydrogen-bond acceptors (Lipinski definition) is 3. The van der Waals surface area contributed by atoms with Gasteiger partial charge in [0.05, 0.1) is 0 Å². The van der Waals surface area contributed by atoms with Gasteiger partial charge in [-0.25, -0.2) is 0 Å². The summed E-state index contributed by atoms with van der Waals surface area (Å²) in [5.41, 5.74) is 1.16. The highest BCUT2D eigenvalue weighted by molar-refractivity contribution is 6.01. The van der Waals surface area contributed by atoms with Gasteiger partial charge in [0.25, 0.3) is 0 Å². The molecule has 0 saturated heterocycles. The number of carboxylic acid groups (broad SMARTS) is 1. The van der Waals surface area contributed by atoms with Crippen LogP contribution in [0.3, 0.4) is 0 Å². The molecule has 19 heavy (non-hydrogen) atoms. The van der Waals surface area contributed by atoms with Crippen LogP contribution in [0.15, 0.2) is 24.3 Å². The summed E-state index contributed by atoms with van der Waals surface area (Å²) < 4.78 is 0. The van der Waals surface area contributed by atoms with E-state index in [2.05, 4.69) is 10.6 Å². The van der Waals surface area contributed by atoms with E-state index in [1.807, 2.05) is 0 Å². The number of anilines is 2. The lowest BCUT2D eigenvalue weighted by molar-refractivity contribution is -0.139. The van der Waals surface area contributed by atoms with Gasteiger partial charge < -0.3 is 15.7 Å². The third kappa shape index (κ3) is 4.09. The van der Waals surface area contributed by atoms with Crippen molar-refractivity contribution in [2.24, 2.45) is 5.92 Å². The molecule has 0 aromatic heterocycles. The van der Waals surface area contributed by atoms with Crippen LogP contribution in [-0.2, 0) is 14.4 Å². The summed E-state index contributed by atoms with van der Waals surface area (Å²) >= 11 is 0. The van der Waals surface area contributed by atoms with Gasteiger partial charge in [0, 0.05) is 17.3 Å². The molecular formula is C13H14N2O4. The molecule has 1 aliphatic carbocycles. The number of aliphatic carboxylic acids is 1. The van der Waals surface area contributed by atoms with Gasteiger partial charge in [0.1, 0.15) is 6.42 Å². The molecule has 0 radical (unpaired) electrons. The van der Waals surface area contributed by atoms with E-state index in [0.29, 0.717) is 11.4 Å². The first kappa shape index (κ1) is 13.1. The maximum Gasteiger partial charge on any atom is 0.312 e. The Bertz CT molecular complexity index is 506. The highest BCUT2D eigenvalue weighted by Gasteiger charge is 2.29. The van der Waals surface area contributed by atoms with E-state index >= 15 is 0 Å². The highest BCUT2D eigenvalue weighted by atomic mass is 16.4. The Labute approximate surface area is 109 Å². The quantitative estimate of drug-likeness (QED) is 0.700. The van der Waals surface area contributed by atoms with Gasteiger partial charge in [-0.3, -0.25) is 14.4 Å². The smallest absolute Gasteiger partial charge is 0.312 e. The van der Waals surface area contributed by atoms with Crippen molar-refractivity contribution >= 4 is 29.2 Å². The fourth-order valence-electron chi connectivity index (χ4n) is 1.57. The van der Waals surface area contributed by atoms with E-state index in [1.165, 1.54) is 0 Å². The molecule has 3 N–H and O–H groups in total. The van der Waals surface area contributed by atoms with Crippen LogP contribution >= 0.6 is 0 Å². The molecule has 0 unspecified atom stereocenters. The van der Waals surface area contributed by atoms with Crippen LogP contribution in [0.1, 0.15) is 19.3 Å². The summed E-state index contributed by atoms with van der Waals surface area (Å²) in [6.45, 7) is 0. The number of carbonyl (C=O) groups is 3. The molecule has 0 aliphatic heterocycles. The van der Waals surface area contributed by atoms with Gasteiger partial charge in [-0.15, -0.1) is 0 Å². The van der Waals surface area contributed by atoms with Crippen LogP contribution in [0.2, 0.25) is 0 Å². The topological polar surface area (TPSA) is 95.5 Å². The molecule has 2 rings (SSSR count). The summed E-state index contributed by atoms with van der Waals surface area (Å²) in [6, 6.07) is 6.55. The van der Waals surface area contributed by atoms with E-state index < -0.39 is 18.3 Å². The normalized spacial score (nSPS) is 13.7. The van der Waals surface area contributed by atoms with Gasteiger partial charge in [-0.1, -0.05) is 0 Å². The molecule has 1 aliphatic rings. The average Bonchev–Trinajstić information content (AvgIpc) is 3.14. The number of benzene rings is 1. The minimum atomic E-state index is -1.18. The average molecular weight is 262 g/mol. The molecule has 1 aromatic carbocycles. The maximum absolute atomic E-state index is 11.5. The van der Waals surface area contributed by atoms with Crippen molar-refractivity contribution in [2.75, 3.05) is 10.6 Å². The summed E-state index contributed by atoms with van der Waals surface area (Å²) in [7, 11) is 0. The van der Waals surface area contributed by atoms with Crippen molar-refractivity contribution < 1.29 is 19.5 Å². The highest BCUT2D eigenvalue weighted by Crippen LogP contribution is 2.30. The zero-order valence-electron chi connectivity index (χ0n) is 10.2. The minimum absolute atomic E-state index is 0.0164. The fraction of sp³-hybridized carbons (Fsp3) is 0.308. The SMILES string of the molecule is O=C(O)CC(=O)Nc1ccc(NC(=O)C2CC2)cc1. The first-order valence-corrected chi connectivity index (χ1v) is 5.97. The predicted octanol–water partition coefficient (Wildman–Crippen LogP) is 1.45. The van der Waals surface area contributed by atoms with E-state index in [1.54, 1.807) is 24.3 Å². The molecule has 1 aromatic rings. The van der Waals surface area contributed by atoms with E-state index in [4.69, 9.17) is 5.11 Å². The number of carbonyl (C=O) groups excluding carboxylic acids is 2. The Hall–Kier alpha value is -2.37. The maximum atomic E-state index is 11.5. The van der Waals surface area contributed by atoms with Gasteiger partial charge >= 0.3 is 5.97 Å². The molecule has 6 heteroatoms. The van der Waals surface area contributed by atoms with Crippen molar-refractivity contribution in [3.63, 3.8) is 0 Å². The molecule has 0 heterocycles. The number of rotatable bonds is 5. The molecule has 0 atom stereocenters. The number of nitrogens with one attached hydrogen (secondary N) is 2. The van der Waals surface area contributed by atoms with Gasteiger partial charge in [0.15, 0.2) is 0 Å². The molecule has 1 saturated carbocycles. The molecule has 2 amide bonds. The fourth-order valence-corrected chi connectivity index (χ4v) is 1.57. The van der Waals surface area contributed by atoms with Crippen LogP contribution < -0.4 is 10.6 Å². The Kier molecular flexibility index (Phi) is 3.79. The molecule has 100 valence electrons. The molecule has 0 bridgehead atoms. The zero-order valence-corrected chi connectivity index (χ0v) is 10.2. The Balaban J connectivity index is 1.88. The van der Waals surface area contributed by atoms with Crippen LogP contribution in [-0.4, -0.2) is 22.9 Å². The molecule has 1 fully saturated rings. The van der Waals surface area contributed by atoms with Crippen molar-refractivity contribution in [3.8, 4) is 0 Å². The third-order valence-electron chi connectivity index (χ3n) is 2.70. The second kappa shape index (κ2) is 5.51. The summed E-state index contributed by atoms with van der Waals surface area (Å²) in [4.78, 5) is 33.1. The summed E-state index contributed by atoms with van der Waals surface area (Å²) in [6.07, 6.45) is 1.31. The van der Waals surface area contributed by atoms with Crippen LogP contribution in [0.5, 0.6) is 0 Å². The monoisotopic (exact) mass is 262 g/mol. The van der Waals surface area contributed by atoms with Crippen molar-refractivity contribution in [1.29, 1.82) is 0 Å². The first-order chi connectivity index (χ1) is 9.04. The molecular weight excluding hydrogens is 248 g/mol. The van der Waals surface area contributed by atoms with E-state index in [9.17, 15) is 14.4 Å². The third-order valence-corrected chi connectivity index (χ3v) is 2.70. The molecule has 0 spiro atoms. The van der Waals surface area contributed by atoms with Crippen LogP contribution in [0, 0.1) is 5.92 Å². The van der Waals surface area contributed by atoms with Gasteiger partial charge in [0.2, 0.25) is 11.8 Å². The second-order valence-electron chi connectivity index (χ2n) is 4.46. The number of amides is 2. The number of carboxylic acids is 1. The molecule has 6 nitrogen and oxygen atoms in total. The van der Waals surface area contributed by atoms with Gasteiger partial charge in [-0.2, -0.15) is 0 Å². The van der Waals surface area contributed by atoms with Crippen LogP contribution in [0.4, 0.5) is 11.4 Å². The van der Waals surface area contributed by atoms with Gasteiger partial charge in [-0.05, 0) is 37.1 Å². The lowest BCUT2D eigenvalue weighted by Gasteiger charge is -2.06. The van der Waals surface area contributed by atoms with E-state index in [-0.39, 0.29) is 11.8 Å². The number of hydrogen-bond donors (Lipinski definition) is 3. The predicted molar refractivity (Wildman–Crippen MR) is 68.7 cm³/mol.